The van der Waals surface area contributed by atoms with Gasteiger partial charge in [0.15, 0.2) is 0 Å². The van der Waals surface area contributed by atoms with Crippen LogP contribution in [0.3, 0.4) is 0 Å². The van der Waals surface area contributed by atoms with Gasteiger partial charge in [-0.25, -0.2) is 0 Å². The lowest BCUT2D eigenvalue weighted by molar-refractivity contribution is -0.119. The third kappa shape index (κ3) is 4.16. The van der Waals surface area contributed by atoms with Crippen molar-refractivity contribution in [3.8, 4) is 0 Å². The molecule has 2 heterocycles. The minimum atomic E-state index is -0.819. The number of aryl methyl sites for hydroxylation is 1. The van der Waals surface area contributed by atoms with Gasteiger partial charge in [-0.3, -0.25) is 4.79 Å². The lowest BCUT2D eigenvalue weighted by atomic mass is 9.94. The van der Waals surface area contributed by atoms with Gasteiger partial charge in [0.05, 0.1) is 5.60 Å². The number of carbonyl (C=O) groups is 1. The Hall–Kier alpha value is -1.17. The zero-order valence-electron chi connectivity index (χ0n) is 11.0. The summed E-state index contributed by atoms with van der Waals surface area (Å²) in [4.78, 5) is 12.8. The molecule has 0 aromatic carbocycles. The van der Waals surface area contributed by atoms with Crippen LogP contribution in [0, 0.1) is 6.92 Å². The highest BCUT2D eigenvalue weighted by Crippen LogP contribution is 2.19. The number of rotatable bonds is 4. The van der Waals surface area contributed by atoms with E-state index in [0.717, 1.165) is 10.4 Å². The Balaban J connectivity index is 1.81. The van der Waals surface area contributed by atoms with E-state index >= 15 is 0 Å². The number of hydrogen-bond donors (Lipinski definition) is 2. The van der Waals surface area contributed by atoms with Gasteiger partial charge in [0, 0.05) is 43.6 Å². The standard InChI is InChI=1S/C14H19NO3S/c1-11-4-9-19-12(11)2-3-13(16)15-10-14(17)5-7-18-8-6-14/h2-4,9,17H,5-8,10H2,1H3,(H,15,16)/b3-2+. The predicted octanol–water partition coefficient (Wildman–Crippen LogP) is 1.73. The molecule has 19 heavy (non-hydrogen) atoms. The van der Waals surface area contributed by atoms with Crippen LogP contribution in [-0.2, 0) is 9.53 Å². The molecule has 1 aliphatic rings. The Labute approximate surface area is 117 Å². The number of ether oxygens (including phenoxy) is 1. The zero-order chi connectivity index (χ0) is 13.7. The van der Waals surface area contributed by atoms with Crippen molar-refractivity contribution >= 4 is 23.3 Å². The number of nitrogens with one attached hydrogen (secondary N) is 1. The van der Waals surface area contributed by atoms with E-state index in [1.54, 1.807) is 11.3 Å². The molecule has 0 unspecified atom stereocenters. The van der Waals surface area contributed by atoms with Crippen LogP contribution in [0.1, 0.15) is 23.3 Å². The van der Waals surface area contributed by atoms with Crippen LogP contribution in [0.25, 0.3) is 6.08 Å². The molecule has 1 fully saturated rings. The first-order valence-corrected chi connectivity index (χ1v) is 7.27. The Bertz CT molecular complexity index is 461. The molecule has 0 bridgehead atoms. The first kappa shape index (κ1) is 14.2. The lowest BCUT2D eigenvalue weighted by Gasteiger charge is -2.31. The lowest BCUT2D eigenvalue weighted by Crippen LogP contribution is -2.46. The van der Waals surface area contributed by atoms with Gasteiger partial charge < -0.3 is 15.2 Å². The number of carbonyl (C=O) groups excluding carboxylic acids is 1. The van der Waals surface area contributed by atoms with E-state index in [9.17, 15) is 9.90 Å². The second kappa shape index (κ2) is 6.32. The maximum Gasteiger partial charge on any atom is 0.244 e. The van der Waals surface area contributed by atoms with Gasteiger partial charge in [-0.1, -0.05) is 0 Å². The third-order valence-corrected chi connectivity index (χ3v) is 4.29. The van der Waals surface area contributed by atoms with Crippen LogP contribution in [-0.4, -0.2) is 36.4 Å². The molecule has 1 aromatic heterocycles. The SMILES string of the molecule is Cc1ccsc1/C=C/C(=O)NCC1(O)CCOCC1. The van der Waals surface area contributed by atoms with Crippen LogP contribution in [0.4, 0.5) is 0 Å². The van der Waals surface area contributed by atoms with E-state index in [-0.39, 0.29) is 12.5 Å². The number of hydrogen-bond acceptors (Lipinski definition) is 4. The molecule has 1 aromatic rings. The summed E-state index contributed by atoms with van der Waals surface area (Å²) in [5.74, 6) is -0.173. The summed E-state index contributed by atoms with van der Waals surface area (Å²) >= 11 is 1.60. The Morgan fingerprint density at radius 2 is 2.32 bits per heavy atom. The Morgan fingerprint density at radius 3 is 2.95 bits per heavy atom. The van der Waals surface area contributed by atoms with Gasteiger partial charge in [-0.15, -0.1) is 11.3 Å². The fraction of sp³-hybridized carbons (Fsp3) is 0.500. The minimum absolute atomic E-state index is 0.173. The van der Waals surface area contributed by atoms with Crippen molar-refractivity contribution in [1.82, 2.24) is 5.32 Å². The van der Waals surface area contributed by atoms with Crippen molar-refractivity contribution in [3.05, 3.63) is 28.0 Å². The van der Waals surface area contributed by atoms with Gasteiger partial charge in [-0.05, 0) is 30.0 Å². The van der Waals surface area contributed by atoms with Gasteiger partial charge in [0.1, 0.15) is 0 Å². The molecule has 2 N–H and O–H groups in total. The fourth-order valence-electron chi connectivity index (χ4n) is 1.95. The largest absolute Gasteiger partial charge is 0.388 e. The van der Waals surface area contributed by atoms with Crippen LogP contribution in [0.15, 0.2) is 17.5 Å². The molecule has 1 amide bonds. The molecule has 0 spiro atoms. The molecule has 4 nitrogen and oxygen atoms in total. The summed E-state index contributed by atoms with van der Waals surface area (Å²) in [6.45, 7) is 3.40. The quantitative estimate of drug-likeness (QED) is 0.826. The molecule has 104 valence electrons. The van der Waals surface area contributed by atoms with Crippen LogP contribution < -0.4 is 5.32 Å². The van der Waals surface area contributed by atoms with Gasteiger partial charge >= 0.3 is 0 Å². The molecule has 0 radical (unpaired) electrons. The summed E-state index contributed by atoms with van der Waals surface area (Å²) < 4.78 is 5.20. The van der Waals surface area contributed by atoms with E-state index in [1.807, 2.05) is 24.4 Å². The van der Waals surface area contributed by atoms with Gasteiger partial charge in [0.2, 0.25) is 5.91 Å². The second-order valence-electron chi connectivity index (χ2n) is 4.86. The first-order chi connectivity index (χ1) is 9.09. The molecule has 1 saturated heterocycles. The summed E-state index contributed by atoms with van der Waals surface area (Å²) in [6.07, 6.45) is 4.47. The van der Waals surface area contributed by atoms with Crippen LogP contribution >= 0.6 is 11.3 Å². The number of thiophene rings is 1. The first-order valence-electron chi connectivity index (χ1n) is 6.39. The van der Waals surface area contributed by atoms with Crippen LogP contribution in [0.2, 0.25) is 0 Å². The van der Waals surface area contributed by atoms with Crippen molar-refractivity contribution in [2.24, 2.45) is 0 Å². The summed E-state index contributed by atoms with van der Waals surface area (Å²) in [6, 6.07) is 2.02. The third-order valence-electron chi connectivity index (χ3n) is 3.30. The monoisotopic (exact) mass is 281 g/mol. The molecule has 0 saturated carbocycles. The van der Waals surface area contributed by atoms with Crippen molar-refractivity contribution < 1.29 is 14.6 Å². The molecule has 2 rings (SSSR count). The Kier molecular flexibility index (Phi) is 4.74. The molecule has 5 heteroatoms. The molecule has 0 aliphatic carbocycles. The van der Waals surface area contributed by atoms with Gasteiger partial charge in [-0.2, -0.15) is 0 Å². The summed E-state index contributed by atoms with van der Waals surface area (Å²) in [7, 11) is 0. The smallest absolute Gasteiger partial charge is 0.244 e. The fourth-order valence-corrected chi connectivity index (χ4v) is 2.76. The van der Waals surface area contributed by atoms with Crippen LogP contribution in [0.5, 0.6) is 0 Å². The van der Waals surface area contributed by atoms with Crippen molar-refractivity contribution in [3.63, 3.8) is 0 Å². The normalized spacial score (nSPS) is 18.6. The molecular formula is C14H19NO3S. The zero-order valence-corrected chi connectivity index (χ0v) is 11.8. The average Bonchev–Trinajstić information content (AvgIpc) is 2.81. The minimum Gasteiger partial charge on any atom is -0.388 e. The summed E-state index contributed by atoms with van der Waals surface area (Å²) in [5.41, 5.74) is 0.345. The molecule has 1 aliphatic heterocycles. The highest BCUT2D eigenvalue weighted by atomic mass is 32.1. The van der Waals surface area contributed by atoms with E-state index < -0.39 is 5.60 Å². The maximum absolute atomic E-state index is 11.7. The number of amides is 1. The Morgan fingerprint density at radius 1 is 1.58 bits per heavy atom. The molecular weight excluding hydrogens is 262 g/mol. The highest BCUT2D eigenvalue weighted by molar-refractivity contribution is 7.11. The van der Waals surface area contributed by atoms with Crippen molar-refractivity contribution in [2.75, 3.05) is 19.8 Å². The topological polar surface area (TPSA) is 58.6 Å². The summed E-state index contributed by atoms with van der Waals surface area (Å²) in [5, 5.41) is 14.9. The van der Waals surface area contributed by atoms with Gasteiger partial charge in [0.25, 0.3) is 0 Å². The number of aliphatic hydroxyl groups is 1. The van der Waals surface area contributed by atoms with E-state index in [4.69, 9.17) is 4.74 Å². The average molecular weight is 281 g/mol. The van der Waals surface area contributed by atoms with Crippen molar-refractivity contribution in [2.45, 2.75) is 25.4 Å². The highest BCUT2D eigenvalue weighted by Gasteiger charge is 2.29. The van der Waals surface area contributed by atoms with E-state index in [2.05, 4.69) is 5.32 Å². The maximum atomic E-state index is 11.7. The molecule has 0 atom stereocenters. The predicted molar refractivity (Wildman–Crippen MR) is 76.1 cm³/mol. The van der Waals surface area contributed by atoms with E-state index in [0.29, 0.717) is 26.1 Å². The second-order valence-corrected chi connectivity index (χ2v) is 5.80. The van der Waals surface area contributed by atoms with Crippen molar-refractivity contribution in [1.29, 1.82) is 0 Å². The van der Waals surface area contributed by atoms with E-state index in [1.165, 1.54) is 6.08 Å².